The molecule has 1 aromatic heterocycles. The third kappa shape index (κ3) is 3.84. The number of nitrogens with one attached hydrogen (secondary N) is 1. The molecule has 1 aromatic carbocycles. The second-order valence-corrected chi connectivity index (χ2v) is 4.92. The van der Waals surface area contributed by atoms with Gasteiger partial charge in [-0.25, -0.2) is 4.39 Å². The zero-order valence-electron chi connectivity index (χ0n) is 10.6. The molecule has 0 aliphatic rings. The van der Waals surface area contributed by atoms with Crippen LogP contribution in [-0.2, 0) is 6.18 Å². The maximum absolute atomic E-state index is 13.6. The molecule has 0 saturated heterocycles. The van der Waals surface area contributed by atoms with Crippen molar-refractivity contribution in [1.82, 2.24) is 4.98 Å². The summed E-state index contributed by atoms with van der Waals surface area (Å²) in [5, 5.41) is 2.50. The van der Waals surface area contributed by atoms with Crippen molar-refractivity contribution >= 4 is 21.7 Å². The number of nitrogens with zero attached hydrogens (tertiary/aromatic N) is 1. The number of benzene rings is 1. The van der Waals surface area contributed by atoms with E-state index in [0.717, 1.165) is 12.1 Å². The first-order valence-electron chi connectivity index (χ1n) is 5.69. The molecule has 8 heteroatoms. The smallest absolute Gasteiger partial charge is 0.416 e. The van der Waals surface area contributed by atoms with Gasteiger partial charge in [-0.1, -0.05) is 15.9 Å². The summed E-state index contributed by atoms with van der Waals surface area (Å²) in [7, 11) is 1.42. The summed E-state index contributed by atoms with van der Waals surface area (Å²) in [6, 6.07) is 5.49. The topological polar surface area (TPSA) is 34.1 Å². The van der Waals surface area contributed by atoms with E-state index >= 15 is 0 Å². The van der Waals surface area contributed by atoms with E-state index in [9.17, 15) is 17.6 Å². The van der Waals surface area contributed by atoms with E-state index in [-0.39, 0.29) is 17.4 Å². The number of alkyl halides is 3. The number of halogens is 5. The van der Waals surface area contributed by atoms with Crippen molar-refractivity contribution < 1.29 is 22.3 Å². The third-order valence-corrected chi connectivity index (χ3v) is 2.99. The highest BCUT2D eigenvalue weighted by Gasteiger charge is 2.32. The van der Waals surface area contributed by atoms with E-state index in [2.05, 4.69) is 26.2 Å². The molecule has 1 N–H and O–H groups in total. The summed E-state index contributed by atoms with van der Waals surface area (Å²) in [6.07, 6.45) is -4.55. The zero-order valence-corrected chi connectivity index (χ0v) is 12.2. The molecule has 0 atom stereocenters. The van der Waals surface area contributed by atoms with Crippen LogP contribution in [0.25, 0.3) is 0 Å². The molecule has 3 nitrogen and oxygen atoms in total. The molecule has 0 unspecified atom stereocenters. The fraction of sp³-hybridized carbons (Fsp3) is 0.154. The molecule has 112 valence electrons. The molecule has 1 heterocycles. The van der Waals surface area contributed by atoms with Gasteiger partial charge in [-0.15, -0.1) is 0 Å². The van der Waals surface area contributed by atoms with Crippen LogP contribution in [0.2, 0.25) is 0 Å². The highest BCUT2D eigenvalue weighted by atomic mass is 79.9. The van der Waals surface area contributed by atoms with Gasteiger partial charge in [-0.3, -0.25) is 0 Å². The van der Waals surface area contributed by atoms with Crippen molar-refractivity contribution in [3.05, 3.63) is 46.2 Å². The second-order valence-electron chi connectivity index (χ2n) is 4.00. The molecule has 21 heavy (non-hydrogen) atoms. The van der Waals surface area contributed by atoms with Crippen molar-refractivity contribution in [2.75, 3.05) is 12.4 Å². The second kappa shape index (κ2) is 5.88. The molecule has 2 rings (SSSR count). The van der Waals surface area contributed by atoms with Gasteiger partial charge in [-0.05, 0) is 24.3 Å². The predicted molar refractivity (Wildman–Crippen MR) is 73.0 cm³/mol. The van der Waals surface area contributed by atoms with Gasteiger partial charge >= 0.3 is 6.18 Å². The highest BCUT2D eigenvalue weighted by Crippen LogP contribution is 2.34. The average molecular weight is 365 g/mol. The van der Waals surface area contributed by atoms with E-state index in [4.69, 9.17) is 4.74 Å². The molecule has 0 radical (unpaired) electrons. The maximum atomic E-state index is 13.6. The van der Waals surface area contributed by atoms with Crippen LogP contribution in [0, 0.1) is 5.82 Å². The Balaban J connectivity index is 2.39. The minimum Gasteiger partial charge on any atom is -0.436 e. The average Bonchev–Trinajstić information content (AvgIpc) is 2.40. The number of ether oxygens (including phenoxy) is 1. The summed E-state index contributed by atoms with van der Waals surface area (Å²) in [5.41, 5.74) is -0.936. The standard InChI is InChI=1S/C13H9BrF4N2O/c1-19-11-4-7(13(16,17)18)5-12(20-11)21-10-3-2-8(14)6-9(10)15/h2-6H,1H3,(H,19,20). The predicted octanol–water partition coefficient (Wildman–Crippen LogP) is 4.84. The summed E-state index contributed by atoms with van der Waals surface area (Å²) in [6.45, 7) is 0. The van der Waals surface area contributed by atoms with Gasteiger partial charge < -0.3 is 10.1 Å². The molecule has 0 fully saturated rings. The quantitative estimate of drug-likeness (QED) is 0.791. The van der Waals surface area contributed by atoms with Crippen molar-refractivity contribution in [2.24, 2.45) is 0 Å². The molecule has 0 spiro atoms. The van der Waals surface area contributed by atoms with E-state index < -0.39 is 17.6 Å². The van der Waals surface area contributed by atoms with Crippen molar-refractivity contribution in [3.8, 4) is 11.6 Å². The van der Waals surface area contributed by atoms with Crippen LogP contribution in [0.15, 0.2) is 34.8 Å². The normalized spacial score (nSPS) is 11.3. The first-order valence-corrected chi connectivity index (χ1v) is 6.49. The van der Waals surface area contributed by atoms with Gasteiger partial charge in [0.1, 0.15) is 5.82 Å². The third-order valence-electron chi connectivity index (χ3n) is 2.49. The lowest BCUT2D eigenvalue weighted by Crippen LogP contribution is -2.07. The van der Waals surface area contributed by atoms with Crippen LogP contribution in [0.5, 0.6) is 11.6 Å². The molecule has 0 bridgehead atoms. The van der Waals surface area contributed by atoms with Crippen molar-refractivity contribution in [2.45, 2.75) is 6.18 Å². The van der Waals surface area contributed by atoms with Crippen LogP contribution >= 0.6 is 15.9 Å². The van der Waals surface area contributed by atoms with E-state index in [1.165, 1.54) is 19.2 Å². The minimum atomic E-state index is -4.55. The van der Waals surface area contributed by atoms with Gasteiger partial charge in [0.25, 0.3) is 0 Å². The minimum absolute atomic E-state index is 0.0302. The molecule has 0 amide bonds. The molecule has 2 aromatic rings. The fourth-order valence-corrected chi connectivity index (χ4v) is 1.85. The number of aromatic nitrogens is 1. The Bertz CT molecular complexity index is 661. The van der Waals surface area contributed by atoms with Gasteiger partial charge in [0, 0.05) is 17.6 Å². The molecule has 0 aliphatic carbocycles. The van der Waals surface area contributed by atoms with E-state index in [1.807, 2.05) is 0 Å². The Morgan fingerprint density at radius 2 is 1.90 bits per heavy atom. The fourth-order valence-electron chi connectivity index (χ4n) is 1.52. The number of rotatable bonds is 3. The van der Waals surface area contributed by atoms with Crippen LogP contribution in [0.3, 0.4) is 0 Å². The Hall–Kier alpha value is -1.83. The first kappa shape index (κ1) is 15.6. The number of anilines is 1. The maximum Gasteiger partial charge on any atom is 0.416 e. The lowest BCUT2D eigenvalue weighted by atomic mass is 10.2. The van der Waals surface area contributed by atoms with E-state index in [0.29, 0.717) is 10.5 Å². The summed E-state index contributed by atoms with van der Waals surface area (Å²) >= 11 is 3.07. The number of hydrogen-bond acceptors (Lipinski definition) is 3. The van der Waals surface area contributed by atoms with Gasteiger partial charge in [0.05, 0.1) is 5.56 Å². The largest absolute Gasteiger partial charge is 0.436 e. The number of hydrogen-bond donors (Lipinski definition) is 1. The first-order chi connectivity index (χ1) is 9.79. The van der Waals surface area contributed by atoms with Crippen LogP contribution < -0.4 is 10.1 Å². The number of pyridine rings is 1. The van der Waals surface area contributed by atoms with Crippen LogP contribution in [0.1, 0.15) is 5.56 Å². The monoisotopic (exact) mass is 364 g/mol. The van der Waals surface area contributed by atoms with Crippen molar-refractivity contribution in [3.63, 3.8) is 0 Å². The van der Waals surface area contributed by atoms with Gasteiger partial charge in [0.2, 0.25) is 5.88 Å². The zero-order chi connectivity index (χ0) is 15.6. The molecule has 0 saturated carbocycles. The Morgan fingerprint density at radius 1 is 1.19 bits per heavy atom. The van der Waals surface area contributed by atoms with E-state index in [1.54, 1.807) is 0 Å². The van der Waals surface area contributed by atoms with Gasteiger partial charge in [-0.2, -0.15) is 18.2 Å². The summed E-state index contributed by atoms with van der Waals surface area (Å²) in [4.78, 5) is 3.81. The highest BCUT2D eigenvalue weighted by molar-refractivity contribution is 9.10. The van der Waals surface area contributed by atoms with Crippen LogP contribution in [-0.4, -0.2) is 12.0 Å². The van der Waals surface area contributed by atoms with Gasteiger partial charge in [0.15, 0.2) is 11.6 Å². The molecular weight excluding hydrogens is 356 g/mol. The lowest BCUT2D eigenvalue weighted by Gasteiger charge is -2.12. The van der Waals surface area contributed by atoms with Crippen LogP contribution in [0.4, 0.5) is 23.4 Å². The molecule has 0 aliphatic heterocycles. The Kier molecular flexibility index (Phi) is 4.36. The Labute approximate surface area is 126 Å². The van der Waals surface area contributed by atoms with Crippen molar-refractivity contribution in [1.29, 1.82) is 0 Å². The SMILES string of the molecule is CNc1cc(C(F)(F)F)cc(Oc2ccc(Br)cc2F)n1. The Morgan fingerprint density at radius 3 is 2.48 bits per heavy atom. The summed E-state index contributed by atoms with van der Waals surface area (Å²) < 4.78 is 57.5. The lowest BCUT2D eigenvalue weighted by molar-refractivity contribution is -0.137. The molecular formula is C13H9BrF4N2O. The summed E-state index contributed by atoms with van der Waals surface area (Å²) in [5.74, 6) is -1.31.